The molecule has 1 aromatic rings. The minimum Gasteiger partial charge on any atom is -0.481 e. The van der Waals surface area contributed by atoms with Gasteiger partial charge in [0.1, 0.15) is 0 Å². The Hall–Kier alpha value is -1.57. The Labute approximate surface area is 141 Å². The Morgan fingerprint density at radius 3 is 2.35 bits per heavy atom. The van der Waals surface area contributed by atoms with Crippen molar-refractivity contribution in [2.24, 2.45) is 5.92 Å². The lowest BCUT2D eigenvalue weighted by molar-refractivity contribution is -0.140. The first-order valence-corrected chi connectivity index (χ1v) is 9.02. The fraction of sp³-hybridized carbons (Fsp3) is 0.571. The molecule has 0 amide bonds. The van der Waals surface area contributed by atoms with Gasteiger partial charge in [0.2, 0.25) is 0 Å². The molecule has 1 aromatic carbocycles. The highest BCUT2D eigenvalue weighted by molar-refractivity contribution is 5.73. The number of hydrogen-bond donors (Lipinski definition) is 1. The smallest absolute Gasteiger partial charge is 0.310 e. The second-order valence-electron chi connectivity index (χ2n) is 6.29. The van der Waals surface area contributed by atoms with Crippen LogP contribution in [0.4, 0.5) is 0 Å². The zero-order valence-corrected chi connectivity index (χ0v) is 14.5. The molecule has 0 heterocycles. The molecule has 0 fully saturated rings. The Balaban J connectivity index is 2.45. The standard InChI is InChI=1S/C21H31O2/c1-3-5-6-7-8-9-10-14-17-20(19(4-2)21(22)23)18-15-12-11-13-16-18/h4,11-13,15,19-20H,2-3,5-10,14,17H2,1H3,(H,22,23). The van der Waals surface area contributed by atoms with Crippen LogP contribution in [0.2, 0.25) is 0 Å². The number of carboxylic acids is 1. The second-order valence-corrected chi connectivity index (χ2v) is 6.29. The van der Waals surface area contributed by atoms with Crippen LogP contribution in [0.1, 0.15) is 76.2 Å². The topological polar surface area (TPSA) is 37.3 Å². The van der Waals surface area contributed by atoms with E-state index in [9.17, 15) is 9.90 Å². The van der Waals surface area contributed by atoms with E-state index >= 15 is 0 Å². The van der Waals surface area contributed by atoms with Gasteiger partial charge < -0.3 is 5.11 Å². The number of carboxylic acid groups (broad SMARTS) is 1. The molecule has 0 saturated heterocycles. The fourth-order valence-corrected chi connectivity index (χ4v) is 3.10. The van der Waals surface area contributed by atoms with Crippen molar-refractivity contribution >= 4 is 5.97 Å². The van der Waals surface area contributed by atoms with Crippen LogP contribution in [-0.2, 0) is 4.79 Å². The highest BCUT2D eigenvalue weighted by Gasteiger charge is 2.26. The summed E-state index contributed by atoms with van der Waals surface area (Å²) in [6.45, 7) is 5.96. The molecule has 0 aliphatic heterocycles. The average molecular weight is 315 g/mol. The number of aliphatic carboxylic acids is 1. The van der Waals surface area contributed by atoms with Crippen LogP contribution in [0.15, 0.2) is 36.9 Å². The first kappa shape index (κ1) is 19.5. The van der Waals surface area contributed by atoms with E-state index in [0.717, 1.165) is 18.4 Å². The minimum atomic E-state index is -0.790. The molecular weight excluding hydrogens is 284 g/mol. The monoisotopic (exact) mass is 315 g/mol. The van der Waals surface area contributed by atoms with Gasteiger partial charge >= 0.3 is 5.97 Å². The predicted octanol–water partition coefficient (Wildman–Crippen LogP) is 5.99. The maximum Gasteiger partial charge on any atom is 0.310 e. The zero-order chi connectivity index (χ0) is 16.9. The number of hydrogen-bond acceptors (Lipinski definition) is 1. The Morgan fingerprint density at radius 1 is 1.17 bits per heavy atom. The quantitative estimate of drug-likeness (QED) is 0.358. The van der Waals surface area contributed by atoms with Gasteiger partial charge in [-0.2, -0.15) is 0 Å². The van der Waals surface area contributed by atoms with Crippen molar-refractivity contribution in [3.05, 3.63) is 48.6 Å². The Kier molecular flexibility index (Phi) is 10.1. The molecule has 0 bridgehead atoms. The Morgan fingerprint density at radius 2 is 1.83 bits per heavy atom. The second kappa shape index (κ2) is 11.9. The van der Waals surface area contributed by atoms with E-state index in [1.807, 2.05) is 24.3 Å². The molecule has 0 spiro atoms. The number of rotatable bonds is 13. The van der Waals surface area contributed by atoms with Crippen LogP contribution in [-0.4, -0.2) is 11.1 Å². The van der Waals surface area contributed by atoms with Crippen molar-refractivity contribution in [2.45, 2.75) is 70.6 Å². The van der Waals surface area contributed by atoms with Crippen molar-refractivity contribution in [1.29, 1.82) is 0 Å². The van der Waals surface area contributed by atoms with Gasteiger partial charge in [-0.15, -0.1) is 6.58 Å². The summed E-state index contributed by atoms with van der Waals surface area (Å²) in [5, 5.41) is 9.44. The zero-order valence-electron chi connectivity index (χ0n) is 14.5. The summed E-state index contributed by atoms with van der Waals surface area (Å²) < 4.78 is 0. The molecule has 1 rings (SSSR count). The largest absolute Gasteiger partial charge is 0.481 e. The lowest BCUT2D eigenvalue weighted by atomic mass is 9.82. The third-order valence-electron chi connectivity index (χ3n) is 4.47. The molecule has 0 aliphatic carbocycles. The molecule has 0 aliphatic rings. The lowest BCUT2D eigenvalue weighted by Crippen LogP contribution is -2.20. The normalized spacial score (nSPS) is 13.4. The van der Waals surface area contributed by atoms with E-state index in [4.69, 9.17) is 0 Å². The summed E-state index contributed by atoms with van der Waals surface area (Å²) >= 11 is 0. The number of carbonyl (C=O) groups is 1. The average Bonchev–Trinajstić information content (AvgIpc) is 2.56. The number of unbranched alkanes of at least 4 members (excludes halogenated alkanes) is 7. The molecule has 2 unspecified atom stereocenters. The van der Waals surface area contributed by atoms with Crippen molar-refractivity contribution in [2.75, 3.05) is 0 Å². The predicted molar refractivity (Wildman–Crippen MR) is 96.6 cm³/mol. The molecule has 2 atom stereocenters. The molecule has 2 nitrogen and oxygen atoms in total. The van der Waals surface area contributed by atoms with E-state index in [-0.39, 0.29) is 5.92 Å². The summed E-state index contributed by atoms with van der Waals surface area (Å²) in [6, 6.07) is 10.9. The van der Waals surface area contributed by atoms with Crippen LogP contribution < -0.4 is 0 Å². The molecule has 23 heavy (non-hydrogen) atoms. The molecule has 0 saturated carbocycles. The van der Waals surface area contributed by atoms with Gasteiger partial charge in [-0.25, -0.2) is 0 Å². The maximum absolute atomic E-state index is 11.5. The van der Waals surface area contributed by atoms with Gasteiger partial charge in [0.15, 0.2) is 0 Å². The van der Waals surface area contributed by atoms with Crippen LogP contribution in [0.5, 0.6) is 0 Å². The first-order valence-electron chi connectivity index (χ1n) is 9.02. The third-order valence-corrected chi connectivity index (χ3v) is 4.47. The van der Waals surface area contributed by atoms with E-state index in [1.165, 1.54) is 44.9 Å². The summed E-state index contributed by atoms with van der Waals surface area (Å²) in [5.74, 6) is -1.34. The van der Waals surface area contributed by atoms with Gasteiger partial charge in [-0.3, -0.25) is 4.79 Å². The van der Waals surface area contributed by atoms with E-state index in [2.05, 4.69) is 19.6 Å². The SMILES string of the molecule is C=CC(C(=O)O)C(CCCCCCCCCC)c1[c]cccc1. The Bertz CT molecular complexity index is 438. The molecule has 0 aromatic heterocycles. The van der Waals surface area contributed by atoms with Crippen molar-refractivity contribution in [1.82, 2.24) is 0 Å². The number of benzene rings is 1. The first-order chi connectivity index (χ1) is 11.2. The van der Waals surface area contributed by atoms with Gasteiger partial charge in [0.25, 0.3) is 0 Å². The summed E-state index contributed by atoms with van der Waals surface area (Å²) in [6.07, 6.45) is 12.5. The molecule has 1 radical (unpaired) electrons. The van der Waals surface area contributed by atoms with Gasteiger partial charge in [0.05, 0.1) is 5.92 Å². The summed E-state index contributed by atoms with van der Waals surface area (Å²) in [4.78, 5) is 11.5. The molecular formula is C21H31O2. The minimum absolute atomic E-state index is 0.0220. The molecule has 1 N–H and O–H groups in total. The van der Waals surface area contributed by atoms with Crippen LogP contribution in [0.3, 0.4) is 0 Å². The summed E-state index contributed by atoms with van der Waals surface area (Å²) in [7, 11) is 0. The van der Waals surface area contributed by atoms with Crippen molar-refractivity contribution in [3.8, 4) is 0 Å². The van der Waals surface area contributed by atoms with Gasteiger partial charge in [0, 0.05) is 5.92 Å². The highest BCUT2D eigenvalue weighted by Crippen LogP contribution is 2.31. The van der Waals surface area contributed by atoms with Crippen LogP contribution in [0, 0.1) is 12.0 Å². The fourth-order valence-electron chi connectivity index (χ4n) is 3.10. The highest BCUT2D eigenvalue weighted by atomic mass is 16.4. The van der Waals surface area contributed by atoms with Crippen LogP contribution in [0.25, 0.3) is 0 Å². The third kappa shape index (κ3) is 7.49. The molecule has 2 heteroatoms. The maximum atomic E-state index is 11.5. The van der Waals surface area contributed by atoms with Crippen molar-refractivity contribution < 1.29 is 9.90 Å². The summed E-state index contributed by atoms with van der Waals surface area (Å²) in [5.41, 5.74) is 0.989. The lowest BCUT2D eigenvalue weighted by Gasteiger charge is -2.21. The van der Waals surface area contributed by atoms with E-state index in [0.29, 0.717) is 0 Å². The van der Waals surface area contributed by atoms with E-state index in [1.54, 1.807) is 6.08 Å². The molecule has 127 valence electrons. The van der Waals surface area contributed by atoms with Gasteiger partial charge in [-0.05, 0) is 18.1 Å². The van der Waals surface area contributed by atoms with Crippen molar-refractivity contribution in [3.63, 3.8) is 0 Å². The van der Waals surface area contributed by atoms with Gasteiger partial charge in [-0.1, -0.05) is 88.6 Å². The van der Waals surface area contributed by atoms with E-state index < -0.39 is 11.9 Å². The van der Waals surface area contributed by atoms with Crippen LogP contribution >= 0.6 is 0 Å².